The Bertz CT molecular complexity index is 672. The van der Waals surface area contributed by atoms with Gasteiger partial charge in [0.2, 0.25) is 0 Å². The highest BCUT2D eigenvalue weighted by Crippen LogP contribution is 2.21. The Balaban J connectivity index is 1.93. The molecule has 9 heteroatoms. The summed E-state index contributed by atoms with van der Waals surface area (Å²) in [5.41, 5.74) is 0.644. The topological polar surface area (TPSA) is 87.5 Å². The molecule has 0 amide bonds. The highest BCUT2D eigenvalue weighted by atomic mass is 32.2. The van der Waals surface area contributed by atoms with Crippen LogP contribution in [0.2, 0.25) is 0 Å². The number of aryl methyl sites for hydroxylation is 1. The smallest absolute Gasteiger partial charge is 0.279 e. The van der Waals surface area contributed by atoms with Crippen LogP contribution in [0.4, 0.5) is 5.69 Å². The van der Waals surface area contributed by atoms with Crippen LogP contribution in [0.3, 0.4) is 0 Å². The Morgan fingerprint density at radius 3 is 2.86 bits per heavy atom. The number of anilines is 1. The summed E-state index contributed by atoms with van der Waals surface area (Å²) in [5, 5.41) is 4.01. The van der Waals surface area contributed by atoms with Gasteiger partial charge in [0.15, 0.2) is 0 Å². The Kier molecular flexibility index (Phi) is 5.20. The molecule has 1 saturated heterocycles. The fraction of sp³-hybridized carbons (Fsp3) is 0.692. The standard InChI is InChI=1S/C13H23N5O3S/c1-4-16(2)22(20,21)15-8-11-5-6-18(10-11)12-7-13(19)17(3)14-9-12/h7,9,11,15H,4-6,8,10H2,1-3H3. The number of aromatic nitrogens is 2. The Morgan fingerprint density at radius 2 is 2.23 bits per heavy atom. The van der Waals surface area contributed by atoms with Crippen molar-refractivity contribution in [2.45, 2.75) is 13.3 Å². The minimum absolute atomic E-state index is 0.147. The molecule has 8 nitrogen and oxygen atoms in total. The van der Waals surface area contributed by atoms with Crippen LogP contribution >= 0.6 is 0 Å². The molecular weight excluding hydrogens is 306 g/mol. The monoisotopic (exact) mass is 329 g/mol. The number of rotatable bonds is 6. The zero-order valence-electron chi connectivity index (χ0n) is 13.2. The van der Waals surface area contributed by atoms with E-state index in [1.54, 1.807) is 33.3 Å². The third-order valence-electron chi connectivity index (χ3n) is 4.01. The molecule has 0 spiro atoms. The van der Waals surface area contributed by atoms with Crippen LogP contribution < -0.4 is 15.2 Å². The van der Waals surface area contributed by atoms with Crippen molar-refractivity contribution < 1.29 is 8.42 Å². The van der Waals surface area contributed by atoms with Gasteiger partial charge in [0.05, 0.1) is 11.9 Å². The minimum Gasteiger partial charge on any atom is -0.370 e. The first-order valence-corrected chi connectivity index (χ1v) is 8.76. The fourth-order valence-corrected chi connectivity index (χ4v) is 3.38. The zero-order chi connectivity index (χ0) is 16.3. The lowest BCUT2D eigenvalue weighted by Crippen LogP contribution is -2.40. The van der Waals surface area contributed by atoms with E-state index >= 15 is 0 Å². The average Bonchev–Trinajstić information content (AvgIpc) is 2.96. The van der Waals surface area contributed by atoms with Gasteiger partial charge in [-0.3, -0.25) is 4.79 Å². The average molecular weight is 329 g/mol. The summed E-state index contributed by atoms with van der Waals surface area (Å²) in [5.74, 6) is 0.226. The zero-order valence-corrected chi connectivity index (χ0v) is 14.0. The van der Waals surface area contributed by atoms with Crippen molar-refractivity contribution in [1.29, 1.82) is 0 Å². The summed E-state index contributed by atoms with van der Waals surface area (Å²) in [6, 6.07) is 1.56. The van der Waals surface area contributed by atoms with E-state index in [1.807, 2.05) is 0 Å². The van der Waals surface area contributed by atoms with Gasteiger partial charge in [-0.15, -0.1) is 0 Å². The summed E-state index contributed by atoms with van der Waals surface area (Å²) in [4.78, 5) is 13.7. The maximum absolute atomic E-state index is 11.9. The molecule has 0 aliphatic carbocycles. The Hall–Kier alpha value is -1.45. The van der Waals surface area contributed by atoms with Crippen molar-refractivity contribution in [1.82, 2.24) is 18.8 Å². The summed E-state index contributed by atoms with van der Waals surface area (Å²) < 4.78 is 29.0. The summed E-state index contributed by atoms with van der Waals surface area (Å²) >= 11 is 0. The van der Waals surface area contributed by atoms with Gasteiger partial charge in [0.1, 0.15) is 0 Å². The van der Waals surface area contributed by atoms with Crippen LogP contribution in [-0.4, -0.2) is 55.7 Å². The number of nitrogens with one attached hydrogen (secondary N) is 1. The molecule has 1 unspecified atom stereocenters. The second-order valence-electron chi connectivity index (χ2n) is 5.54. The van der Waals surface area contributed by atoms with Crippen LogP contribution in [-0.2, 0) is 17.3 Å². The normalized spacial score (nSPS) is 19.1. The molecule has 1 aromatic heterocycles. The van der Waals surface area contributed by atoms with Crippen LogP contribution in [0.1, 0.15) is 13.3 Å². The van der Waals surface area contributed by atoms with Gasteiger partial charge in [-0.2, -0.15) is 17.8 Å². The van der Waals surface area contributed by atoms with Gasteiger partial charge in [0, 0.05) is 46.3 Å². The second-order valence-corrected chi connectivity index (χ2v) is 7.41. The third-order valence-corrected chi connectivity index (χ3v) is 5.62. The van der Waals surface area contributed by atoms with E-state index in [9.17, 15) is 13.2 Å². The van der Waals surface area contributed by atoms with Crippen molar-refractivity contribution in [3.8, 4) is 0 Å². The van der Waals surface area contributed by atoms with Crippen LogP contribution in [0.15, 0.2) is 17.1 Å². The van der Waals surface area contributed by atoms with E-state index in [2.05, 4.69) is 14.7 Å². The first-order valence-electron chi connectivity index (χ1n) is 7.32. The van der Waals surface area contributed by atoms with Gasteiger partial charge in [-0.25, -0.2) is 9.40 Å². The summed E-state index contributed by atoms with van der Waals surface area (Å²) in [7, 11) is -0.234. The summed E-state index contributed by atoms with van der Waals surface area (Å²) in [6.07, 6.45) is 2.55. The van der Waals surface area contributed by atoms with E-state index in [1.165, 1.54) is 8.99 Å². The molecule has 22 heavy (non-hydrogen) atoms. The first-order chi connectivity index (χ1) is 10.3. The number of hydrogen-bond donors (Lipinski definition) is 1. The lowest BCUT2D eigenvalue weighted by molar-refractivity contribution is 0.462. The molecule has 2 rings (SSSR count). The lowest BCUT2D eigenvalue weighted by atomic mass is 10.1. The molecule has 1 N–H and O–H groups in total. The predicted octanol–water partition coefficient (Wildman–Crippen LogP) is -0.607. The highest BCUT2D eigenvalue weighted by molar-refractivity contribution is 7.87. The molecule has 0 aromatic carbocycles. The van der Waals surface area contributed by atoms with E-state index in [4.69, 9.17) is 0 Å². The van der Waals surface area contributed by atoms with Crippen molar-refractivity contribution in [2.75, 3.05) is 38.1 Å². The van der Waals surface area contributed by atoms with E-state index < -0.39 is 10.2 Å². The van der Waals surface area contributed by atoms with Gasteiger partial charge in [-0.05, 0) is 12.3 Å². The van der Waals surface area contributed by atoms with Gasteiger partial charge in [0.25, 0.3) is 15.8 Å². The minimum atomic E-state index is -3.39. The largest absolute Gasteiger partial charge is 0.370 e. The molecule has 124 valence electrons. The third kappa shape index (κ3) is 3.84. The molecule has 1 aromatic rings. The van der Waals surface area contributed by atoms with Gasteiger partial charge in [-0.1, -0.05) is 6.92 Å². The quantitative estimate of drug-likeness (QED) is 0.752. The van der Waals surface area contributed by atoms with Gasteiger partial charge < -0.3 is 4.90 Å². The Labute approximate surface area is 130 Å². The maximum atomic E-state index is 11.9. The molecule has 1 aliphatic rings. The molecule has 0 radical (unpaired) electrons. The van der Waals surface area contributed by atoms with E-state index in [0.717, 1.165) is 18.7 Å². The van der Waals surface area contributed by atoms with Crippen molar-refractivity contribution >= 4 is 15.9 Å². The maximum Gasteiger partial charge on any atom is 0.279 e. The lowest BCUT2D eigenvalue weighted by Gasteiger charge is -2.19. The molecule has 0 saturated carbocycles. The Morgan fingerprint density at radius 1 is 1.50 bits per heavy atom. The molecule has 0 bridgehead atoms. The molecule has 2 heterocycles. The predicted molar refractivity (Wildman–Crippen MR) is 85.0 cm³/mol. The summed E-state index contributed by atoms with van der Waals surface area (Å²) in [6.45, 7) is 4.14. The molecule has 1 aliphatic heterocycles. The van der Waals surface area contributed by atoms with Gasteiger partial charge >= 0.3 is 0 Å². The van der Waals surface area contributed by atoms with Crippen LogP contribution in [0, 0.1) is 5.92 Å². The van der Waals surface area contributed by atoms with Crippen LogP contribution in [0.25, 0.3) is 0 Å². The SMILES string of the molecule is CCN(C)S(=O)(=O)NCC1CCN(c2cnn(C)c(=O)c2)C1. The van der Waals surface area contributed by atoms with Crippen molar-refractivity contribution in [3.05, 3.63) is 22.6 Å². The van der Waals surface area contributed by atoms with E-state index in [0.29, 0.717) is 19.6 Å². The highest BCUT2D eigenvalue weighted by Gasteiger charge is 2.25. The molecule has 1 fully saturated rings. The molecule has 1 atom stereocenters. The number of hydrogen-bond acceptors (Lipinski definition) is 5. The van der Waals surface area contributed by atoms with E-state index in [-0.39, 0.29) is 11.5 Å². The van der Waals surface area contributed by atoms with Crippen LogP contribution in [0.5, 0.6) is 0 Å². The van der Waals surface area contributed by atoms with Crippen molar-refractivity contribution in [2.24, 2.45) is 13.0 Å². The van der Waals surface area contributed by atoms with Crippen molar-refractivity contribution in [3.63, 3.8) is 0 Å². The fourth-order valence-electron chi connectivity index (χ4n) is 2.37. The first kappa shape index (κ1) is 16.9. The second kappa shape index (κ2) is 6.76. The molecular formula is C13H23N5O3S. The number of nitrogens with zero attached hydrogens (tertiary/aromatic N) is 4.